The monoisotopic (exact) mass is 835 g/mol. The van der Waals surface area contributed by atoms with Crippen molar-refractivity contribution in [3.63, 3.8) is 0 Å². The normalized spacial score (nSPS) is 28.3. The van der Waals surface area contributed by atoms with E-state index in [9.17, 15) is 14.7 Å². The van der Waals surface area contributed by atoms with Crippen molar-refractivity contribution in [2.24, 2.45) is 0 Å². The van der Waals surface area contributed by atoms with Gasteiger partial charge in [-0.25, -0.2) is 29.5 Å². The van der Waals surface area contributed by atoms with E-state index in [1.54, 1.807) is 34.6 Å². The van der Waals surface area contributed by atoms with Crippen molar-refractivity contribution in [1.82, 2.24) is 40.4 Å². The van der Waals surface area contributed by atoms with Crippen LogP contribution < -0.4 is 25.3 Å². The molecule has 5 aliphatic rings. The molecule has 9 rings (SSSR count). The van der Waals surface area contributed by atoms with Crippen molar-refractivity contribution >= 4 is 41.0 Å². The largest absolute Gasteiger partial charge is 0.393 e. The first-order chi connectivity index (χ1) is 28.8. The standard InChI is InChI=1S/C25H34N6O2.C20H24ClN5O/c1-29(2)25(19-6-4-3-5-7-19)12-10-24(11-13-25)18-31(23(33)28-24)20-16-26-22(27-17-20)30-14-8-21(32)9-15-30;1-25(2)20(15-6-4-3-5-7-15)10-8-19(9-11-20)14-26(18(27)24-19)16-12-22-17(21)23-13-16/h3-7,16-17,21,32H,8-15,18H2,1-2H3,(H,28,33);3-7,12-13H,8-11,14H2,1-2H3,(H,24,27). The number of halogens is 1. The molecule has 2 saturated carbocycles. The lowest BCUT2D eigenvalue weighted by atomic mass is 9.69. The summed E-state index contributed by atoms with van der Waals surface area (Å²) < 4.78 is 0. The molecule has 3 saturated heterocycles. The molecule has 0 atom stereocenters. The highest BCUT2D eigenvalue weighted by Crippen LogP contribution is 2.48. The highest BCUT2D eigenvalue weighted by Gasteiger charge is 2.52. The highest BCUT2D eigenvalue weighted by atomic mass is 35.5. The molecule has 0 unspecified atom stereocenters. The highest BCUT2D eigenvalue weighted by molar-refractivity contribution is 6.28. The number of aromatic nitrogens is 4. The molecule has 15 heteroatoms. The van der Waals surface area contributed by atoms with Crippen LogP contribution in [-0.4, -0.2) is 118 Å². The van der Waals surface area contributed by atoms with Gasteiger partial charge in [0.1, 0.15) is 0 Å². The molecule has 4 aromatic rings. The zero-order valence-corrected chi connectivity index (χ0v) is 36.0. The van der Waals surface area contributed by atoms with E-state index >= 15 is 0 Å². The number of rotatable bonds is 7. The molecule has 2 aliphatic carbocycles. The average Bonchev–Trinajstić information content (AvgIpc) is 3.77. The molecule has 318 valence electrons. The van der Waals surface area contributed by atoms with Crippen LogP contribution >= 0.6 is 11.6 Å². The smallest absolute Gasteiger partial charge is 0.322 e. The zero-order chi connectivity index (χ0) is 42.1. The number of nitrogens with zero attached hydrogens (tertiary/aromatic N) is 9. The lowest BCUT2D eigenvalue weighted by molar-refractivity contribution is 0.0657. The van der Waals surface area contributed by atoms with Gasteiger partial charge in [0, 0.05) is 24.2 Å². The summed E-state index contributed by atoms with van der Waals surface area (Å²) in [5.74, 6) is 0.663. The number of nitrogens with one attached hydrogen (secondary N) is 2. The van der Waals surface area contributed by atoms with Crippen LogP contribution in [0, 0.1) is 0 Å². The van der Waals surface area contributed by atoms with Crippen LogP contribution in [-0.2, 0) is 11.1 Å². The Morgan fingerprint density at radius 1 is 0.617 bits per heavy atom. The number of amides is 4. The Bertz CT molecular complexity index is 2080. The second kappa shape index (κ2) is 16.9. The van der Waals surface area contributed by atoms with Crippen molar-refractivity contribution in [2.75, 3.05) is 69.1 Å². The van der Waals surface area contributed by atoms with Crippen molar-refractivity contribution in [3.05, 3.63) is 102 Å². The van der Waals surface area contributed by atoms with E-state index in [0.29, 0.717) is 24.7 Å². The first kappa shape index (κ1) is 41.8. The Morgan fingerprint density at radius 3 is 1.38 bits per heavy atom. The van der Waals surface area contributed by atoms with Gasteiger partial charge in [-0.05, 0) is 115 Å². The van der Waals surface area contributed by atoms with Gasteiger partial charge in [-0.2, -0.15) is 0 Å². The second-order valence-corrected chi connectivity index (χ2v) is 18.2. The van der Waals surface area contributed by atoms with Gasteiger partial charge in [0.05, 0.1) is 66.4 Å². The van der Waals surface area contributed by atoms with Crippen molar-refractivity contribution in [1.29, 1.82) is 0 Å². The van der Waals surface area contributed by atoms with Gasteiger partial charge in [-0.1, -0.05) is 60.7 Å². The van der Waals surface area contributed by atoms with Gasteiger partial charge in [0.2, 0.25) is 11.2 Å². The Hall–Kier alpha value is -4.89. The first-order valence-corrected chi connectivity index (χ1v) is 21.6. The summed E-state index contributed by atoms with van der Waals surface area (Å²) in [4.78, 5) is 52.9. The molecular formula is C45H58ClN11O3. The summed E-state index contributed by atoms with van der Waals surface area (Å²) >= 11 is 5.77. The molecule has 60 heavy (non-hydrogen) atoms. The van der Waals surface area contributed by atoms with Gasteiger partial charge < -0.3 is 20.6 Å². The van der Waals surface area contributed by atoms with Gasteiger partial charge in [-0.3, -0.25) is 19.6 Å². The molecule has 3 N–H and O–H groups in total. The Morgan fingerprint density at radius 2 is 1.00 bits per heavy atom. The van der Waals surface area contributed by atoms with Crippen LogP contribution in [0.5, 0.6) is 0 Å². The van der Waals surface area contributed by atoms with E-state index in [1.165, 1.54) is 11.1 Å². The molecule has 2 aromatic carbocycles. The average molecular weight is 836 g/mol. The van der Waals surface area contributed by atoms with Gasteiger partial charge in [0.15, 0.2) is 0 Å². The van der Waals surface area contributed by atoms with Crippen LogP contribution in [0.15, 0.2) is 85.5 Å². The molecule has 5 heterocycles. The Labute approximate surface area is 358 Å². The molecule has 0 radical (unpaired) electrons. The molecular weight excluding hydrogens is 778 g/mol. The summed E-state index contributed by atoms with van der Waals surface area (Å²) in [6.07, 6.45) is 15.6. The number of carbonyl (C=O) groups excluding carboxylic acids is 2. The fraction of sp³-hybridized carbons (Fsp3) is 0.511. The number of piperidine rings is 1. The third kappa shape index (κ3) is 8.14. The lowest BCUT2D eigenvalue weighted by Crippen LogP contribution is -2.54. The third-order valence-electron chi connectivity index (χ3n) is 14.2. The van der Waals surface area contributed by atoms with Crippen LogP contribution in [0.2, 0.25) is 5.28 Å². The number of anilines is 3. The minimum absolute atomic E-state index is 0.00254. The maximum atomic E-state index is 12.9. The maximum absolute atomic E-state index is 12.9. The maximum Gasteiger partial charge on any atom is 0.322 e. The van der Waals surface area contributed by atoms with E-state index in [-0.39, 0.29) is 45.6 Å². The summed E-state index contributed by atoms with van der Waals surface area (Å²) in [5.41, 5.74) is 3.69. The molecule has 2 spiro atoms. The van der Waals surface area contributed by atoms with E-state index in [4.69, 9.17) is 11.6 Å². The van der Waals surface area contributed by atoms with Gasteiger partial charge in [0.25, 0.3) is 0 Å². The van der Waals surface area contributed by atoms with Crippen LogP contribution in [0.3, 0.4) is 0 Å². The number of aliphatic hydroxyl groups excluding tert-OH is 1. The third-order valence-corrected chi connectivity index (χ3v) is 14.4. The van der Waals surface area contributed by atoms with Gasteiger partial charge in [-0.15, -0.1) is 0 Å². The number of hydrogen-bond acceptors (Lipinski definition) is 10. The lowest BCUT2D eigenvalue weighted by Gasteiger charge is -2.48. The Kier molecular flexibility index (Phi) is 11.8. The first-order valence-electron chi connectivity index (χ1n) is 21.2. The Balaban J connectivity index is 0.000000170. The predicted molar refractivity (Wildman–Crippen MR) is 234 cm³/mol. The van der Waals surface area contributed by atoms with Crippen molar-refractivity contribution in [3.8, 4) is 0 Å². The summed E-state index contributed by atoms with van der Waals surface area (Å²) in [7, 11) is 8.62. The summed E-state index contributed by atoms with van der Waals surface area (Å²) in [5, 5.41) is 16.4. The SMILES string of the molecule is CN(C)C1(c2ccccc2)CCC2(CC1)CN(c1cnc(Cl)nc1)C(=O)N2.CN(C)C1(c2ccccc2)CCC2(CC1)CN(c1cnc(N3CCC(O)CC3)nc1)C(=O)N2. The summed E-state index contributed by atoms with van der Waals surface area (Å²) in [6.45, 7) is 2.78. The molecule has 2 aromatic heterocycles. The fourth-order valence-electron chi connectivity index (χ4n) is 10.3. The summed E-state index contributed by atoms with van der Waals surface area (Å²) in [6, 6.07) is 21.3. The number of benzene rings is 2. The van der Waals surface area contributed by atoms with Crippen molar-refractivity contribution < 1.29 is 14.7 Å². The predicted octanol–water partition coefficient (Wildman–Crippen LogP) is 6.17. The second-order valence-electron chi connectivity index (χ2n) is 17.8. The molecule has 0 bridgehead atoms. The minimum Gasteiger partial charge on any atom is -0.393 e. The molecule has 14 nitrogen and oxygen atoms in total. The van der Waals surface area contributed by atoms with E-state index in [0.717, 1.165) is 83.0 Å². The van der Waals surface area contributed by atoms with E-state index in [1.807, 2.05) is 0 Å². The van der Waals surface area contributed by atoms with Crippen LogP contribution in [0.1, 0.15) is 75.3 Å². The number of carbonyl (C=O) groups is 2. The fourth-order valence-corrected chi connectivity index (χ4v) is 10.4. The van der Waals surface area contributed by atoms with E-state index in [2.05, 4.69) is 134 Å². The number of urea groups is 2. The van der Waals surface area contributed by atoms with Crippen LogP contribution in [0.25, 0.3) is 0 Å². The molecule has 5 fully saturated rings. The topological polar surface area (TPSA) is 146 Å². The van der Waals surface area contributed by atoms with Crippen molar-refractivity contribution in [2.45, 2.75) is 92.5 Å². The van der Waals surface area contributed by atoms with Gasteiger partial charge >= 0.3 is 12.1 Å². The minimum atomic E-state index is -0.228. The molecule has 4 amide bonds. The molecule has 3 aliphatic heterocycles. The quantitative estimate of drug-likeness (QED) is 0.185. The zero-order valence-electron chi connectivity index (χ0n) is 35.2. The number of hydrogen-bond donors (Lipinski definition) is 3. The van der Waals surface area contributed by atoms with E-state index < -0.39 is 0 Å². The number of aliphatic hydroxyl groups is 1. The van der Waals surface area contributed by atoms with Crippen LogP contribution in [0.4, 0.5) is 26.9 Å².